The van der Waals surface area contributed by atoms with E-state index in [1.165, 1.54) is 11.3 Å². The Hall–Kier alpha value is -0.710. The summed E-state index contributed by atoms with van der Waals surface area (Å²) in [5.41, 5.74) is 0.205. The molecule has 16 heavy (non-hydrogen) atoms. The Bertz CT molecular complexity index is 467. The van der Waals surface area contributed by atoms with Crippen LogP contribution in [0.4, 0.5) is 0 Å². The first-order valence-electron chi connectivity index (χ1n) is 4.96. The minimum absolute atomic E-state index is 0.577. The highest BCUT2D eigenvalue weighted by Gasteiger charge is 2.26. The van der Waals surface area contributed by atoms with Gasteiger partial charge in [-0.15, -0.1) is 11.3 Å². The molecule has 0 aliphatic rings. The zero-order valence-corrected chi connectivity index (χ0v) is 11.3. The van der Waals surface area contributed by atoms with Crippen LogP contribution in [-0.2, 0) is 12.0 Å². The van der Waals surface area contributed by atoms with Crippen molar-refractivity contribution in [1.29, 1.82) is 0 Å². The van der Waals surface area contributed by atoms with Crippen molar-refractivity contribution in [2.75, 3.05) is 0 Å². The van der Waals surface area contributed by atoms with Gasteiger partial charge in [0.2, 0.25) is 0 Å². The highest BCUT2D eigenvalue weighted by Crippen LogP contribution is 2.29. The van der Waals surface area contributed by atoms with E-state index in [2.05, 4.69) is 20.9 Å². The number of thiazole rings is 1. The van der Waals surface area contributed by atoms with Gasteiger partial charge in [-0.25, -0.2) is 4.98 Å². The predicted molar refractivity (Wildman–Crippen MR) is 69.5 cm³/mol. The first-order valence-corrected chi connectivity index (χ1v) is 6.63. The topological polar surface area (TPSA) is 33.1 Å². The Morgan fingerprint density at radius 1 is 1.38 bits per heavy atom. The quantitative estimate of drug-likeness (QED) is 0.942. The predicted octanol–water partition coefficient (Wildman–Crippen LogP) is 3.36. The molecule has 1 aromatic carbocycles. The fraction of sp³-hybridized carbons (Fsp3) is 0.250. The summed E-state index contributed by atoms with van der Waals surface area (Å²) in [6, 6.07) is 9.94. The van der Waals surface area contributed by atoms with Gasteiger partial charge in [-0.2, -0.15) is 0 Å². The summed E-state index contributed by atoms with van der Waals surface area (Å²) in [6.45, 7) is 1.80. The molecule has 1 unspecified atom stereocenters. The lowest BCUT2D eigenvalue weighted by Crippen LogP contribution is -2.23. The molecule has 1 aromatic heterocycles. The van der Waals surface area contributed by atoms with Crippen LogP contribution in [0.3, 0.4) is 0 Å². The number of aromatic nitrogens is 1. The minimum atomic E-state index is -0.905. The average Bonchev–Trinajstić information content (AvgIpc) is 2.66. The molecule has 0 amide bonds. The number of nitrogens with zero attached hydrogens (tertiary/aromatic N) is 1. The molecule has 2 rings (SSSR count). The monoisotopic (exact) mass is 297 g/mol. The van der Waals surface area contributed by atoms with Crippen molar-refractivity contribution in [3.05, 3.63) is 50.9 Å². The Balaban J connectivity index is 2.20. The molecule has 1 heterocycles. The first-order chi connectivity index (χ1) is 7.58. The van der Waals surface area contributed by atoms with Crippen molar-refractivity contribution in [3.63, 3.8) is 0 Å². The molecular weight excluding hydrogens is 286 g/mol. The van der Waals surface area contributed by atoms with Crippen molar-refractivity contribution in [3.8, 4) is 0 Å². The molecule has 0 saturated heterocycles. The summed E-state index contributed by atoms with van der Waals surface area (Å²) in [5, 5.41) is 13.0. The zero-order valence-electron chi connectivity index (χ0n) is 8.85. The Morgan fingerprint density at radius 2 is 2.06 bits per heavy atom. The van der Waals surface area contributed by atoms with E-state index in [-0.39, 0.29) is 0 Å². The SMILES string of the molecule is CC(O)(Cc1ccccc1)c1nc(Br)cs1. The molecule has 2 aromatic rings. The summed E-state index contributed by atoms with van der Waals surface area (Å²) in [5.74, 6) is 0. The summed E-state index contributed by atoms with van der Waals surface area (Å²) >= 11 is 4.77. The molecule has 0 radical (unpaired) electrons. The number of hydrogen-bond acceptors (Lipinski definition) is 3. The van der Waals surface area contributed by atoms with Crippen LogP contribution in [-0.4, -0.2) is 10.1 Å². The molecule has 4 heteroatoms. The van der Waals surface area contributed by atoms with Crippen LogP contribution in [0.5, 0.6) is 0 Å². The molecule has 0 aliphatic heterocycles. The third-order valence-corrected chi connectivity index (χ3v) is 4.13. The van der Waals surface area contributed by atoms with E-state index in [0.29, 0.717) is 6.42 Å². The van der Waals surface area contributed by atoms with Crippen LogP contribution in [0.25, 0.3) is 0 Å². The Kier molecular flexibility index (Phi) is 3.42. The van der Waals surface area contributed by atoms with E-state index in [9.17, 15) is 5.11 Å². The molecule has 0 bridgehead atoms. The fourth-order valence-corrected chi connectivity index (χ4v) is 2.88. The number of hydrogen-bond donors (Lipinski definition) is 1. The van der Waals surface area contributed by atoms with E-state index >= 15 is 0 Å². The van der Waals surface area contributed by atoms with Crippen molar-refractivity contribution in [2.45, 2.75) is 18.9 Å². The van der Waals surface area contributed by atoms with Crippen molar-refractivity contribution >= 4 is 27.3 Å². The zero-order chi connectivity index (χ0) is 11.6. The van der Waals surface area contributed by atoms with Crippen LogP contribution >= 0.6 is 27.3 Å². The van der Waals surface area contributed by atoms with Gasteiger partial charge < -0.3 is 5.11 Å². The van der Waals surface area contributed by atoms with Crippen molar-refractivity contribution < 1.29 is 5.11 Å². The van der Waals surface area contributed by atoms with E-state index < -0.39 is 5.60 Å². The largest absolute Gasteiger partial charge is 0.383 e. The maximum Gasteiger partial charge on any atom is 0.126 e. The minimum Gasteiger partial charge on any atom is -0.383 e. The van der Waals surface area contributed by atoms with E-state index in [0.717, 1.165) is 15.2 Å². The van der Waals surface area contributed by atoms with Crippen LogP contribution < -0.4 is 0 Å². The number of halogens is 1. The van der Waals surface area contributed by atoms with Gasteiger partial charge >= 0.3 is 0 Å². The van der Waals surface area contributed by atoms with E-state index in [4.69, 9.17) is 0 Å². The van der Waals surface area contributed by atoms with Gasteiger partial charge in [0, 0.05) is 11.8 Å². The Labute approximate surface area is 107 Å². The van der Waals surface area contributed by atoms with Crippen LogP contribution in [0.2, 0.25) is 0 Å². The van der Waals surface area contributed by atoms with Gasteiger partial charge in [-0.1, -0.05) is 30.3 Å². The number of benzene rings is 1. The third kappa shape index (κ3) is 2.70. The molecule has 1 atom stereocenters. The van der Waals surface area contributed by atoms with Crippen LogP contribution in [0.1, 0.15) is 17.5 Å². The van der Waals surface area contributed by atoms with E-state index in [1.807, 2.05) is 35.7 Å². The van der Waals surface area contributed by atoms with Gasteiger partial charge in [0.1, 0.15) is 15.2 Å². The van der Waals surface area contributed by atoms with Crippen molar-refractivity contribution in [2.24, 2.45) is 0 Å². The average molecular weight is 298 g/mol. The fourth-order valence-electron chi connectivity index (χ4n) is 1.57. The molecular formula is C12H12BrNOS. The lowest BCUT2D eigenvalue weighted by atomic mass is 9.97. The van der Waals surface area contributed by atoms with Crippen LogP contribution in [0.15, 0.2) is 40.3 Å². The molecule has 0 aliphatic carbocycles. The standard InChI is InChI=1S/C12H12BrNOS/c1-12(15,11-14-10(13)8-16-11)7-9-5-3-2-4-6-9/h2-6,8,15H,7H2,1H3. The van der Waals surface area contributed by atoms with Gasteiger partial charge in [0.25, 0.3) is 0 Å². The summed E-state index contributed by atoms with van der Waals surface area (Å²) in [4.78, 5) is 4.26. The lowest BCUT2D eigenvalue weighted by Gasteiger charge is -2.20. The highest BCUT2D eigenvalue weighted by molar-refractivity contribution is 9.10. The van der Waals surface area contributed by atoms with E-state index in [1.54, 1.807) is 6.92 Å². The summed E-state index contributed by atoms with van der Waals surface area (Å²) in [6.07, 6.45) is 0.577. The lowest BCUT2D eigenvalue weighted by molar-refractivity contribution is 0.0572. The second-order valence-corrected chi connectivity index (χ2v) is 5.58. The van der Waals surface area contributed by atoms with Gasteiger partial charge in [0.15, 0.2) is 0 Å². The van der Waals surface area contributed by atoms with Gasteiger partial charge in [-0.05, 0) is 28.4 Å². The molecule has 0 spiro atoms. The Morgan fingerprint density at radius 3 is 2.62 bits per heavy atom. The second kappa shape index (κ2) is 4.65. The normalized spacial score (nSPS) is 14.7. The molecule has 2 nitrogen and oxygen atoms in total. The van der Waals surface area contributed by atoms with Gasteiger partial charge in [0.05, 0.1) is 0 Å². The number of rotatable bonds is 3. The van der Waals surface area contributed by atoms with Gasteiger partial charge in [-0.3, -0.25) is 0 Å². The maximum absolute atomic E-state index is 10.4. The third-order valence-electron chi connectivity index (χ3n) is 2.33. The molecule has 84 valence electrons. The highest BCUT2D eigenvalue weighted by atomic mass is 79.9. The molecule has 0 saturated carbocycles. The summed E-state index contributed by atoms with van der Waals surface area (Å²) in [7, 11) is 0. The van der Waals surface area contributed by atoms with Crippen LogP contribution in [0, 0.1) is 0 Å². The molecule has 1 N–H and O–H groups in total. The maximum atomic E-state index is 10.4. The number of aliphatic hydroxyl groups is 1. The first kappa shape index (κ1) is 11.8. The van der Waals surface area contributed by atoms with Crippen molar-refractivity contribution in [1.82, 2.24) is 4.98 Å². The molecule has 0 fully saturated rings. The second-order valence-electron chi connectivity index (χ2n) is 3.91. The summed E-state index contributed by atoms with van der Waals surface area (Å²) < 4.78 is 0.779. The smallest absolute Gasteiger partial charge is 0.126 e.